The highest BCUT2D eigenvalue weighted by atomic mass is 79.9. The van der Waals surface area contributed by atoms with Gasteiger partial charge in [0.05, 0.1) is 11.4 Å². The molecule has 1 atom stereocenters. The molecule has 0 amide bonds. The summed E-state index contributed by atoms with van der Waals surface area (Å²) >= 11 is 8.28. The van der Waals surface area contributed by atoms with E-state index in [1.807, 2.05) is 6.92 Å². The maximum atomic E-state index is 5.08. The van der Waals surface area contributed by atoms with Crippen molar-refractivity contribution in [1.82, 2.24) is 0 Å². The summed E-state index contributed by atoms with van der Waals surface area (Å²) in [7, 11) is 0. The van der Waals surface area contributed by atoms with Crippen LogP contribution in [0, 0.1) is 0 Å². The zero-order chi connectivity index (χ0) is 7.28. The van der Waals surface area contributed by atoms with E-state index in [0.717, 1.165) is 6.42 Å². The lowest BCUT2D eigenvalue weighted by atomic mass is 10.4. The highest BCUT2D eigenvalue weighted by molar-refractivity contribution is 9.10. The molecule has 0 aromatic rings. The highest BCUT2D eigenvalue weighted by Gasteiger charge is 2.06. The van der Waals surface area contributed by atoms with Gasteiger partial charge in [-0.05, 0) is 25.6 Å². The van der Waals surface area contributed by atoms with Crippen molar-refractivity contribution < 1.29 is 4.74 Å². The van der Waals surface area contributed by atoms with Gasteiger partial charge >= 0.3 is 0 Å². The molecule has 0 aliphatic carbocycles. The van der Waals surface area contributed by atoms with Crippen molar-refractivity contribution in [3.63, 3.8) is 0 Å². The first-order valence-corrected chi connectivity index (χ1v) is 4.35. The molecule has 0 spiro atoms. The van der Waals surface area contributed by atoms with Crippen molar-refractivity contribution in [2.24, 2.45) is 0 Å². The number of rotatable bonds is 3. The van der Waals surface area contributed by atoms with Crippen molar-refractivity contribution in [2.45, 2.75) is 25.1 Å². The van der Waals surface area contributed by atoms with E-state index in [4.69, 9.17) is 17.0 Å². The number of thiocarbonyl (C=S) groups is 1. The van der Waals surface area contributed by atoms with Gasteiger partial charge in [0.2, 0.25) is 0 Å². The standard InChI is InChI=1S/C6H11BrOS/c1-3-5(7)6(9)8-4-2/h5H,3-4H2,1-2H3. The number of hydrogen-bond donors (Lipinski definition) is 0. The predicted molar refractivity (Wildman–Crippen MR) is 47.2 cm³/mol. The van der Waals surface area contributed by atoms with E-state index in [-0.39, 0.29) is 4.83 Å². The Morgan fingerprint density at radius 3 is 2.56 bits per heavy atom. The topological polar surface area (TPSA) is 9.23 Å². The van der Waals surface area contributed by atoms with Crippen LogP contribution in [0.1, 0.15) is 20.3 Å². The highest BCUT2D eigenvalue weighted by Crippen LogP contribution is 2.07. The Morgan fingerprint density at radius 2 is 2.22 bits per heavy atom. The lowest BCUT2D eigenvalue weighted by Gasteiger charge is -2.07. The van der Waals surface area contributed by atoms with E-state index in [0.29, 0.717) is 11.7 Å². The van der Waals surface area contributed by atoms with E-state index >= 15 is 0 Å². The van der Waals surface area contributed by atoms with Gasteiger partial charge < -0.3 is 4.74 Å². The third kappa shape index (κ3) is 3.87. The second-order valence-corrected chi connectivity index (χ2v) is 3.14. The molecule has 0 aromatic carbocycles. The predicted octanol–water partition coefficient (Wildman–Crippen LogP) is 2.52. The lowest BCUT2D eigenvalue weighted by molar-refractivity contribution is 0.328. The summed E-state index contributed by atoms with van der Waals surface area (Å²) < 4.78 is 5.08. The average molecular weight is 211 g/mol. The third-order valence-electron chi connectivity index (χ3n) is 0.901. The largest absolute Gasteiger partial charge is 0.486 e. The van der Waals surface area contributed by atoms with Crippen molar-refractivity contribution in [3.05, 3.63) is 0 Å². The summed E-state index contributed by atoms with van der Waals surface area (Å²) in [5.74, 6) is 0. The van der Waals surface area contributed by atoms with Crippen LogP contribution in [0.25, 0.3) is 0 Å². The summed E-state index contributed by atoms with van der Waals surface area (Å²) in [6.45, 7) is 4.66. The van der Waals surface area contributed by atoms with Crippen LogP contribution in [0.5, 0.6) is 0 Å². The van der Waals surface area contributed by atoms with Crippen LogP contribution in [-0.2, 0) is 4.74 Å². The molecule has 1 nitrogen and oxygen atoms in total. The second kappa shape index (κ2) is 5.18. The Morgan fingerprint density at radius 1 is 1.67 bits per heavy atom. The van der Waals surface area contributed by atoms with Crippen molar-refractivity contribution >= 4 is 33.2 Å². The van der Waals surface area contributed by atoms with Gasteiger partial charge in [-0.3, -0.25) is 0 Å². The van der Waals surface area contributed by atoms with Gasteiger partial charge in [0, 0.05) is 0 Å². The van der Waals surface area contributed by atoms with E-state index in [9.17, 15) is 0 Å². The van der Waals surface area contributed by atoms with Gasteiger partial charge in [-0.2, -0.15) is 0 Å². The summed E-state index contributed by atoms with van der Waals surface area (Å²) in [5, 5.41) is 0.667. The minimum absolute atomic E-state index is 0.243. The van der Waals surface area contributed by atoms with Crippen molar-refractivity contribution in [2.75, 3.05) is 6.61 Å². The second-order valence-electron chi connectivity index (χ2n) is 1.63. The Hall–Kier alpha value is 0.370. The van der Waals surface area contributed by atoms with E-state index in [1.165, 1.54) is 0 Å². The summed E-state index contributed by atoms with van der Waals surface area (Å²) in [5.41, 5.74) is 0. The Labute approximate surface area is 69.9 Å². The van der Waals surface area contributed by atoms with Crippen LogP contribution in [0.3, 0.4) is 0 Å². The molecule has 0 heterocycles. The monoisotopic (exact) mass is 210 g/mol. The molecule has 0 radical (unpaired) electrons. The van der Waals surface area contributed by atoms with Crippen LogP contribution in [-0.4, -0.2) is 16.5 Å². The summed E-state index contributed by atoms with van der Waals surface area (Å²) in [4.78, 5) is 0.243. The van der Waals surface area contributed by atoms with Gasteiger partial charge in [-0.25, -0.2) is 0 Å². The average Bonchev–Trinajstić information content (AvgIpc) is 1.87. The zero-order valence-electron chi connectivity index (χ0n) is 5.69. The molecule has 54 valence electrons. The maximum Gasteiger partial charge on any atom is 0.173 e. The van der Waals surface area contributed by atoms with Crippen LogP contribution in [0.2, 0.25) is 0 Å². The molecule has 9 heavy (non-hydrogen) atoms. The summed E-state index contributed by atoms with van der Waals surface area (Å²) in [6, 6.07) is 0. The van der Waals surface area contributed by atoms with Crippen molar-refractivity contribution in [1.29, 1.82) is 0 Å². The number of hydrogen-bond acceptors (Lipinski definition) is 2. The number of alkyl halides is 1. The maximum absolute atomic E-state index is 5.08. The van der Waals surface area contributed by atoms with Crippen molar-refractivity contribution in [3.8, 4) is 0 Å². The Bertz CT molecular complexity index is 95.1. The fourth-order valence-corrected chi connectivity index (χ4v) is 0.816. The number of ether oxygens (including phenoxy) is 1. The molecule has 0 saturated heterocycles. The molecule has 0 aromatic heterocycles. The Balaban J connectivity index is 3.46. The van der Waals surface area contributed by atoms with E-state index in [2.05, 4.69) is 22.9 Å². The van der Waals surface area contributed by atoms with Crippen LogP contribution in [0.15, 0.2) is 0 Å². The number of halogens is 1. The normalized spacial score (nSPS) is 12.8. The van der Waals surface area contributed by atoms with E-state index < -0.39 is 0 Å². The molecular formula is C6H11BrOS. The molecule has 3 heteroatoms. The molecule has 0 fully saturated rings. The minimum Gasteiger partial charge on any atom is -0.486 e. The SMILES string of the molecule is CCOC(=S)C(Br)CC. The smallest absolute Gasteiger partial charge is 0.173 e. The molecule has 0 aliphatic rings. The van der Waals surface area contributed by atoms with Gasteiger partial charge in [-0.15, -0.1) is 0 Å². The summed E-state index contributed by atoms with van der Waals surface area (Å²) in [6.07, 6.45) is 0.985. The molecule has 0 N–H and O–H groups in total. The van der Waals surface area contributed by atoms with Gasteiger partial charge in [0.15, 0.2) is 5.05 Å². The first-order valence-electron chi connectivity index (χ1n) is 3.03. The quantitative estimate of drug-likeness (QED) is 0.524. The molecular weight excluding hydrogens is 200 g/mol. The molecule has 1 unspecified atom stereocenters. The van der Waals surface area contributed by atoms with Gasteiger partial charge in [0.25, 0.3) is 0 Å². The minimum atomic E-state index is 0.243. The third-order valence-corrected chi connectivity index (χ3v) is 2.67. The van der Waals surface area contributed by atoms with Gasteiger partial charge in [-0.1, -0.05) is 22.9 Å². The molecule has 0 rings (SSSR count). The first-order chi connectivity index (χ1) is 4.22. The van der Waals surface area contributed by atoms with Crippen LogP contribution in [0.4, 0.5) is 0 Å². The zero-order valence-corrected chi connectivity index (χ0v) is 8.09. The van der Waals surface area contributed by atoms with E-state index in [1.54, 1.807) is 0 Å². The molecule has 0 aliphatic heterocycles. The lowest BCUT2D eigenvalue weighted by Crippen LogP contribution is -2.13. The fraction of sp³-hybridized carbons (Fsp3) is 0.833. The molecule has 0 saturated carbocycles. The fourth-order valence-electron chi connectivity index (χ4n) is 0.399. The van der Waals surface area contributed by atoms with Crippen LogP contribution < -0.4 is 0 Å². The Kier molecular flexibility index (Phi) is 5.39. The van der Waals surface area contributed by atoms with Gasteiger partial charge in [0.1, 0.15) is 0 Å². The molecule has 0 bridgehead atoms. The van der Waals surface area contributed by atoms with Crippen LogP contribution >= 0.6 is 28.1 Å². The first kappa shape index (κ1) is 9.37.